The lowest BCUT2D eigenvalue weighted by Gasteiger charge is -2.02. The first-order valence-electron chi connectivity index (χ1n) is 4.43. The molecule has 0 atom stereocenters. The molecule has 0 aliphatic rings. The molecule has 0 saturated carbocycles. The van der Waals surface area contributed by atoms with Gasteiger partial charge in [-0.05, 0) is 30.3 Å². The zero-order valence-corrected chi connectivity index (χ0v) is 9.36. The van der Waals surface area contributed by atoms with Gasteiger partial charge < -0.3 is 0 Å². The maximum atomic E-state index is 12.9. The molecular weight excluding hydrogens is 231 g/mol. The number of benzene rings is 2. The lowest BCUT2D eigenvalue weighted by atomic mass is 10.3. The van der Waals surface area contributed by atoms with Gasteiger partial charge in [0.2, 0.25) is 0 Å². The highest BCUT2D eigenvalue weighted by Crippen LogP contribution is 2.29. The van der Waals surface area contributed by atoms with Gasteiger partial charge in [0.25, 0.3) is 0 Å². The average Bonchev–Trinajstić information content (AvgIpc) is 2.25. The van der Waals surface area contributed by atoms with Crippen LogP contribution < -0.4 is 0 Å². The Hall–Kier alpha value is -0.990. The monoisotopic (exact) mass is 238 g/mol. The SMILES string of the molecule is Fc1ccc(Sc2ccccc2)cc1Cl. The topological polar surface area (TPSA) is 0 Å². The van der Waals surface area contributed by atoms with Crippen molar-refractivity contribution in [3.8, 4) is 0 Å². The van der Waals surface area contributed by atoms with E-state index < -0.39 is 0 Å². The maximum Gasteiger partial charge on any atom is 0.141 e. The molecule has 0 unspecified atom stereocenters. The van der Waals surface area contributed by atoms with Crippen LogP contribution in [0.5, 0.6) is 0 Å². The third-order valence-corrected chi connectivity index (χ3v) is 3.16. The summed E-state index contributed by atoms with van der Waals surface area (Å²) in [6.07, 6.45) is 0. The summed E-state index contributed by atoms with van der Waals surface area (Å²) in [7, 11) is 0. The van der Waals surface area contributed by atoms with Gasteiger partial charge in [-0.15, -0.1) is 0 Å². The molecule has 2 rings (SSSR count). The van der Waals surface area contributed by atoms with E-state index in [-0.39, 0.29) is 10.8 Å². The molecule has 2 aromatic carbocycles. The van der Waals surface area contributed by atoms with Crippen molar-refractivity contribution >= 4 is 23.4 Å². The molecule has 0 heterocycles. The van der Waals surface area contributed by atoms with E-state index in [1.165, 1.54) is 6.07 Å². The molecule has 0 fully saturated rings. The molecule has 0 N–H and O–H groups in total. The predicted octanol–water partition coefficient (Wildman–Crippen LogP) is 4.63. The molecule has 0 nitrogen and oxygen atoms in total. The molecule has 0 aromatic heterocycles. The summed E-state index contributed by atoms with van der Waals surface area (Å²) in [5.74, 6) is -0.380. The van der Waals surface area contributed by atoms with Crippen molar-refractivity contribution in [3.05, 3.63) is 59.4 Å². The smallest absolute Gasteiger partial charge is 0.141 e. The first-order valence-corrected chi connectivity index (χ1v) is 5.63. The molecule has 2 aromatic rings. The number of hydrogen-bond acceptors (Lipinski definition) is 1. The molecular formula is C12H8ClFS. The van der Waals surface area contributed by atoms with Crippen LogP contribution in [0.25, 0.3) is 0 Å². The Morgan fingerprint density at radius 3 is 2.33 bits per heavy atom. The molecule has 0 spiro atoms. The van der Waals surface area contributed by atoms with E-state index in [1.807, 2.05) is 30.3 Å². The standard InChI is InChI=1S/C12H8ClFS/c13-11-8-10(6-7-12(11)14)15-9-4-2-1-3-5-9/h1-8H. The Kier molecular flexibility index (Phi) is 3.29. The third kappa shape index (κ3) is 2.74. The summed E-state index contributed by atoms with van der Waals surface area (Å²) in [6, 6.07) is 14.6. The van der Waals surface area contributed by atoms with Crippen LogP contribution in [0.2, 0.25) is 5.02 Å². The van der Waals surface area contributed by atoms with E-state index in [1.54, 1.807) is 23.9 Å². The maximum absolute atomic E-state index is 12.9. The summed E-state index contributed by atoms with van der Waals surface area (Å²) in [4.78, 5) is 2.05. The fourth-order valence-electron chi connectivity index (χ4n) is 1.16. The van der Waals surface area contributed by atoms with Crippen LogP contribution in [0.4, 0.5) is 4.39 Å². The Labute approximate surface area is 97.1 Å². The van der Waals surface area contributed by atoms with Crippen LogP contribution in [0.1, 0.15) is 0 Å². The van der Waals surface area contributed by atoms with E-state index in [0.717, 1.165) is 9.79 Å². The van der Waals surface area contributed by atoms with E-state index in [9.17, 15) is 4.39 Å². The van der Waals surface area contributed by atoms with Crippen LogP contribution in [-0.4, -0.2) is 0 Å². The Bertz CT molecular complexity index is 456. The molecule has 0 bridgehead atoms. The highest BCUT2D eigenvalue weighted by atomic mass is 35.5. The van der Waals surface area contributed by atoms with Crippen LogP contribution in [0, 0.1) is 5.82 Å². The van der Waals surface area contributed by atoms with Crippen molar-refractivity contribution in [2.45, 2.75) is 9.79 Å². The van der Waals surface area contributed by atoms with Crippen molar-refractivity contribution < 1.29 is 4.39 Å². The Balaban J connectivity index is 2.22. The second kappa shape index (κ2) is 4.69. The van der Waals surface area contributed by atoms with Crippen molar-refractivity contribution in [1.82, 2.24) is 0 Å². The van der Waals surface area contributed by atoms with Gasteiger partial charge in [-0.2, -0.15) is 0 Å². The quantitative estimate of drug-likeness (QED) is 0.735. The van der Waals surface area contributed by atoms with Gasteiger partial charge >= 0.3 is 0 Å². The highest BCUT2D eigenvalue weighted by molar-refractivity contribution is 7.99. The minimum Gasteiger partial charge on any atom is -0.205 e. The van der Waals surface area contributed by atoms with Crippen molar-refractivity contribution in [2.75, 3.05) is 0 Å². The number of rotatable bonds is 2. The highest BCUT2D eigenvalue weighted by Gasteiger charge is 2.01. The third-order valence-electron chi connectivity index (χ3n) is 1.87. The van der Waals surface area contributed by atoms with Gasteiger partial charge in [0.05, 0.1) is 5.02 Å². The Morgan fingerprint density at radius 1 is 0.933 bits per heavy atom. The summed E-state index contributed by atoms with van der Waals surface area (Å²) in [5.41, 5.74) is 0. The van der Waals surface area contributed by atoms with Crippen LogP contribution in [-0.2, 0) is 0 Å². The van der Waals surface area contributed by atoms with E-state index in [4.69, 9.17) is 11.6 Å². The molecule has 0 aliphatic heterocycles. The van der Waals surface area contributed by atoms with Gasteiger partial charge in [-0.1, -0.05) is 41.6 Å². The zero-order chi connectivity index (χ0) is 10.7. The van der Waals surface area contributed by atoms with Crippen molar-refractivity contribution in [2.24, 2.45) is 0 Å². The molecule has 0 aliphatic carbocycles. The largest absolute Gasteiger partial charge is 0.205 e. The van der Waals surface area contributed by atoms with Gasteiger partial charge in [0.15, 0.2) is 0 Å². The fraction of sp³-hybridized carbons (Fsp3) is 0. The molecule has 0 amide bonds. The van der Waals surface area contributed by atoms with E-state index in [2.05, 4.69) is 0 Å². The predicted molar refractivity (Wildman–Crippen MR) is 62.0 cm³/mol. The first kappa shape index (κ1) is 10.5. The molecule has 0 saturated heterocycles. The van der Waals surface area contributed by atoms with Crippen molar-refractivity contribution in [3.63, 3.8) is 0 Å². The lowest BCUT2D eigenvalue weighted by molar-refractivity contribution is 0.627. The minimum atomic E-state index is -0.380. The molecule has 3 heteroatoms. The van der Waals surface area contributed by atoms with Crippen LogP contribution >= 0.6 is 23.4 Å². The summed E-state index contributed by atoms with van der Waals surface area (Å²) in [6.45, 7) is 0. The molecule has 15 heavy (non-hydrogen) atoms. The van der Waals surface area contributed by atoms with E-state index in [0.29, 0.717) is 0 Å². The van der Waals surface area contributed by atoms with Crippen LogP contribution in [0.15, 0.2) is 58.3 Å². The second-order valence-electron chi connectivity index (χ2n) is 2.99. The summed E-state index contributed by atoms with van der Waals surface area (Å²) >= 11 is 7.25. The van der Waals surface area contributed by atoms with Gasteiger partial charge in [-0.3, -0.25) is 0 Å². The Morgan fingerprint density at radius 2 is 1.67 bits per heavy atom. The van der Waals surface area contributed by atoms with Crippen molar-refractivity contribution in [1.29, 1.82) is 0 Å². The summed E-state index contributed by atoms with van der Waals surface area (Å²) in [5, 5.41) is 0.163. The number of hydrogen-bond donors (Lipinski definition) is 0. The van der Waals surface area contributed by atoms with Crippen LogP contribution in [0.3, 0.4) is 0 Å². The summed E-state index contributed by atoms with van der Waals surface area (Å²) < 4.78 is 12.9. The number of halogens is 2. The minimum absolute atomic E-state index is 0.163. The zero-order valence-electron chi connectivity index (χ0n) is 7.78. The first-order chi connectivity index (χ1) is 7.25. The van der Waals surface area contributed by atoms with Gasteiger partial charge in [-0.25, -0.2) is 4.39 Å². The van der Waals surface area contributed by atoms with Gasteiger partial charge in [0.1, 0.15) is 5.82 Å². The van der Waals surface area contributed by atoms with Gasteiger partial charge in [0, 0.05) is 9.79 Å². The van der Waals surface area contributed by atoms with E-state index >= 15 is 0 Å². The fourth-order valence-corrected chi connectivity index (χ4v) is 2.29. The molecule has 76 valence electrons. The lowest BCUT2D eigenvalue weighted by Crippen LogP contribution is -1.78. The average molecular weight is 239 g/mol. The normalized spacial score (nSPS) is 10.3. The second-order valence-corrected chi connectivity index (χ2v) is 4.55. The molecule has 0 radical (unpaired) electrons.